The van der Waals surface area contributed by atoms with Gasteiger partial charge in [-0.3, -0.25) is 9.69 Å². The molecule has 0 saturated carbocycles. The molecule has 10 nitrogen and oxygen atoms in total. The van der Waals surface area contributed by atoms with Gasteiger partial charge in [-0.1, -0.05) is 17.7 Å². The van der Waals surface area contributed by atoms with Crippen LogP contribution in [-0.2, 0) is 16.1 Å². The minimum Gasteiger partial charge on any atom is -0.465 e. The molecule has 0 bridgehead atoms. The summed E-state index contributed by atoms with van der Waals surface area (Å²) in [4.78, 5) is 34.8. The number of amides is 2. The second-order valence-corrected chi connectivity index (χ2v) is 8.71. The molecular formula is C20H23ClN6O4S. The van der Waals surface area contributed by atoms with Crippen LogP contribution in [0.4, 0.5) is 15.6 Å². The fourth-order valence-corrected chi connectivity index (χ4v) is 4.14. The first-order valence-corrected chi connectivity index (χ1v) is 10.8. The van der Waals surface area contributed by atoms with Crippen molar-refractivity contribution in [1.29, 1.82) is 0 Å². The molecule has 1 saturated heterocycles. The average molecular weight is 479 g/mol. The number of fused-ring (bicyclic) bond motifs is 1. The van der Waals surface area contributed by atoms with E-state index in [4.69, 9.17) is 27.8 Å². The molecule has 0 aliphatic carbocycles. The first kappa shape index (κ1) is 23.5. The Hall–Kier alpha value is -3.15. The van der Waals surface area contributed by atoms with Crippen LogP contribution in [0.1, 0.15) is 5.56 Å². The maximum atomic E-state index is 12.6. The maximum Gasteiger partial charge on any atom is 0.408 e. The minimum atomic E-state index is -1.12. The Morgan fingerprint density at radius 2 is 2.06 bits per heavy atom. The number of hydrogen-bond donors (Lipinski definition) is 3. The summed E-state index contributed by atoms with van der Waals surface area (Å²) in [6.45, 7) is 0.975. The third kappa shape index (κ3) is 5.55. The zero-order valence-corrected chi connectivity index (χ0v) is 18.8. The Morgan fingerprint density at radius 1 is 1.28 bits per heavy atom. The molecule has 0 spiro atoms. The van der Waals surface area contributed by atoms with E-state index in [0.29, 0.717) is 24.4 Å². The standard InChI is InChI=1S/C16H19N5O4.C4H4ClNS/c1-25-8-13-15(22)20(4-5-21(13)16(23)24)7-10-2-3-11-12(6-10)18-9-19-14(11)17;5-3-1-2-4(6)7-3/h2-3,6,9,13H,4-5,7-8H2,1H3,(H,23,24)(H2,17,18,19);1-2H,6H2/t13-;/m0./s1. The summed E-state index contributed by atoms with van der Waals surface area (Å²) in [7, 11) is 1.44. The molecule has 1 fully saturated rings. The summed E-state index contributed by atoms with van der Waals surface area (Å²) in [6, 6.07) is 8.29. The molecule has 3 heterocycles. The minimum absolute atomic E-state index is 0.0309. The number of carbonyl (C=O) groups excluding carboxylic acids is 1. The van der Waals surface area contributed by atoms with Crippen LogP contribution >= 0.6 is 22.9 Å². The lowest BCUT2D eigenvalue weighted by atomic mass is 10.1. The molecule has 1 aromatic carbocycles. The largest absolute Gasteiger partial charge is 0.465 e. The number of aromatic nitrogens is 2. The molecule has 3 aromatic rings. The lowest BCUT2D eigenvalue weighted by Gasteiger charge is -2.38. The van der Waals surface area contributed by atoms with E-state index in [1.54, 1.807) is 17.0 Å². The van der Waals surface area contributed by atoms with E-state index >= 15 is 0 Å². The van der Waals surface area contributed by atoms with Crippen molar-refractivity contribution in [3.8, 4) is 0 Å². The Morgan fingerprint density at radius 3 is 2.66 bits per heavy atom. The highest BCUT2D eigenvalue weighted by Crippen LogP contribution is 2.22. The van der Waals surface area contributed by atoms with E-state index in [1.165, 1.54) is 24.8 Å². The molecule has 5 N–H and O–H groups in total. The Bertz CT molecular complexity index is 1090. The number of benzene rings is 1. The summed E-state index contributed by atoms with van der Waals surface area (Å²) in [5.74, 6) is 0.139. The molecule has 0 unspecified atom stereocenters. The number of rotatable bonds is 4. The van der Waals surface area contributed by atoms with Crippen LogP contribution in [0.5, 0.6) is 0 Å². The van der Waals surface area contributed by atoms with E-state index in [9.17, 15) is 14.7 Å². The number of ether oxygens (including phenoxy) is 1. The average Bonchev–Trinajstić information content (AvgIpc) is 3.14. The highest BCUT2D eigenvalue weighted by Gasteiger charge is 2.37. The van der Waals surface area contributed by atoms with E-state index in [-0.39, 0.29) is 19.1 Å². The van der Waals surface area contributed by atoms with Crippen LogP contribution in [0, 0.1) is 0 Å². The summed E-state index contributed by atoms with van der Waals surface area (Å²) in [6.07, 6.45) is 0.278. The van der Waals surface area contributed by atoms with Gasteiger partial charge < -0.3 is 26.2 Å². The predicted molar refractivity (Wildman–Crippen MR) is 124 cm³/mol. The Kier molecular flexibility index (Phi) is 7.67. The number of nitrogens with two attached hydrogens (primary N) is 2. The lowest BCUT2D eigenvalue weighted by molar-refractivity contribution is -0.143. The summed E-state index contributed by atoms with van der Waals surface area (Å²) in [5, 5.41) is 10.8. The SMILES string of the molecule is COC[C@H]1C(=O)N(Cc2ccc3c(N)ncnc3c2)CCN1C(=O)O.Nc1ccc(Cl)s1. The summed E-state index contributed by atoms with van der Waals surface area (Å²) in [5.41, 5.74) is 12.7. The zero-order chi connectivity index (χ0) is 23.3. The molecule has 170 valence electrons. The summed E-state index contributed by atoms with van der Waals surface area (Å²) < 4.78 is 5.77. The monoisotopic (exact) mass is 478 g/mol. The van der Waals surface area contributed by atoms with E-state index in [2.05, 4.69) is 9.97 Å². The summed E-state index contributed by atoms with van der Waals surface area (Å²) >= 11 is 6.88. The van der Waals surface area contributed by atoms with E-state index in [1.807, 2.05) is 18.2 Å². The molecule has 1 aliphatic heterocycles. The highest BCUT2D eigenvalue weighted by atomic mass is 35.5. The van der Waals surface area contributed by atoms with Crippen LogP contribution in [-0.4, -0.2) is 69.7 Å². The van der Waals surface area contributed by atoms with Crippen molar-refractivity contribution in [2.75, 3.05) is 38.3 Å². The quantitative estimate of drug-likeness (QED) is 0.518. The van der Waals surface area contributed by atoms with Crippen molar-refractivity contribution in [3.63, 3.8) is 0 Å². The van der Waals surface area contributed by atoms with Crippen LogP contribution in [0.3, 0.4) is 0 Å². The number of nitrogen functional groups attached to an aromatic ring is 2. The van der Waals surface area contributed by atoms with Gasteiger partial charge in [-0.15, -0.1) is 11.3 Å². The molecule has 2 amide bonds. The van der Waals surface area contributed by atoms with Crippen molar-refractivity contribution in [2.24, 2.45) is 0 Å². The predicted octanol–water partition coefficient (Wildman–Crippen LogP) is 2.53. The van der Waals surface area contributed by atoms with Crippen molar-refractivity contribution in [1.82, 2.24) is 19.8 Å². The van der Waals surface area contributed by atoms with Crippen LogP contribution in [0.2, 0.25) is 4.34 Å². The van der Waals surface area contributed by atoms with Crippen molar-refractivity contribution < 1.29 is 19.4 Å². The maximum absolute atomic E-state index is 12.6. The second-order valence-electron chi connectivity index (χ2n) is 6.96. The Labute approximate surface area is 193 Å². The molecule has 32 heavy (non-hydrogen) atoms. The van der Waals surface area contributed by atoms with Gasteiger partial charge in [0.05, 0.1) is 21.5 Å². The molecule has 1 atom stereocenters. The van der Waals surface area contributed by atoms with Gasteiger partial charge in [0, 0.05) is 32.1 Å². The molecule has 0 radical (unpaired) electrons. The number of methoxy groups -OCH3 is 1. The number of hydrogen-bond acceptors (Lipinski definition) is 8. The fraction of sp³-hybridized carbons (Fsp3) is 0.300. The Balaban J connectivity index is 0.000000352. The second kappa shape index (κ2) is 10.4. The van der Waals surface area contributed by atoms with Crippen LogP contribution < -0.4 is 11.5 Å². The molecular weight excluding hydrogens is 456 g/mol. The van der Waals surface area contributed by atoms with Crippen molar-refractivity contribution in [2.45, 2.75) is 12.6 Å². The third-order valence-corrected chi connectivity index (χ3v) is 5.91. The topological polar surface area (TPSA) is 148 Å². The first-order chi connectivity index (χ1) is 15.3. The van der Waals surface area contributed by atoms with Crippen molar-refractivity contribution >= 4 is 56.7 Å². The van der Waals surface area contributed by atoms with Gasteiger partial charge in [0.2, 0.25) is 5.91 Å². The normalized spacial score (nSPS) is 16.1. The fourth-order valence-electron chi connectivity index (χ4n) is 3.31. The van der Waals surface area contributed by atoms with E-state index in [0.717, 1.165) is 25.2 Å². The zero-order valence-electron chi connectivity index (χ0n) is 17.3. The van der Waals surface area contributed by atoms with Gasteiger partial charge in [0.1, 0.15) is 18.2 Å². The van der Waals surface area contributed by atoms with Gasteiger partial charge >= 0.3 is 6.09 Å². The van der Waals surface area contributed by atoms with Crippen LogP contribution in [0.15, 0.2) is 36.7 Å². The molecule has 4 rings (SSSR count). The molecule has 12 heteroatoms. The molecule has 1 aliphatic rings. The first-order valence-electron chi connectivity index (χ1n) is 9.57. The number of anilines is 2. The highest BCUT2D eigenvalue weighted by molar-refractivity contribution is 7.19. The number of piperazine rings is 1. The third-order valence-electron chi connectivity index (χ3n) is 4.85. The number of carbonyl (C=O) groups is 2. The van der Waals surface area contributed by atoms with Gasteiger partial charge in [-0.2, -0.15) is 0 Å². The molecule has 2 aromatic heterocycles. The van der Waals surface area contributed by atoms with Gasteiger partial charge in [-0.05, 0) is 29.8 Å². The smallest absolute Gasteiger partial charge is 0.408 e. The van der Waals surface area contributed by atoms with Crippen molar-refractivity contribution in [3.05, 3.63) is 46.6 Å². The number of carboxylic acid groups (broad SMARTS) is 1. The number of halogens is 1. The van der Waals surface area contributed by atoms with Crippen LogP contribution in [0.25, 0.3) is 10.9 Å². The number of thiophene rings is 1. The van der Waals surface area contributed by atoms with Gasteiger partial charge in [0.25, 0.3) is 0 Å². The lowest BCUT2D eigenvalue weighted by Crippen LogP contribution is -2.59. The van der Waals surface area contributed by atoms with E-state index < -0.39 is 12.1 Å². The van der Waals surface area contributed by atoms with Gasteiger partial charge in [-0.25, -0.2) is 14.8 Å². The van der Waals surface area contributed by atoms with Gasteiger partial charge in [0.15, 0.2) is 0 Å². The number of nitrogens with zero attached hydrogens (tertiary/aromatic N) is 4.